The van der Waals surface area contributed by atoms with Crippen LogP contribution in [0.15, 0.2) is 72.8 Å². The zero-order valence-corrected chi connectivity index (χ0v) is 25.4. The van der Waals surface area contributed by atoms with E-state index >= 15 is 0 Å². The molecule has 3 amide bonds. The molecule has 0 unspecified atom stereocenters. The van der Waals surface area contributed by atoms with Crippen LogP contribution in [-0.2, 0) is 9.59 Å². The highest BCUT2D eigenvalue weighted by atomic mass is 16.2. The Hall–Kier alpha value is -3.71. The molecular formula is C35H46N4O3. The summed E-state index contributed by atoms with van der Waals surface area (Å²) in [6.45, 7) is 6.64. The van der Waals surface area contributed by atoms with E-state index < -0.39 is 6.04 Å². The van der Waals surface area contributed by atoms with Gasteiger partial charge in [-0.15, -0.1) is 0 Å². The first kappa shape index (κ1) is 31.2. The van der Waals surface area contributed by atoms with Crippen molar-refractivity contribution in [1.29, 1.82) is 0 Å². The average Bonchev–Trinajstić information content (AvgIpc) is 3.17. The van der Waals surface area contributed by atoms with Crippen LogP contribution in [0.5, 0.6) is 0 Å². The van der Waals surface area contributed by atoms with Gasteiger partial charge in [0.15, 0.2) is 0 Å². The van der Waals surface area contributed by atoms with Gasteiger partial charge in [-0.05, 0) is 54.2 Å². The number of benzene rings is 3. The number of fused-ring (bicyclic) bond motifs is 1. The average molecular weight is 571 g/mol. The van der Waals surface area contributed by atoms with Crippen LogP contribution in [0.25, 0.3) is 10.8 Å². The molecule has 4 rings (SSSR count). The van der Waals surface area contributed by atoms with E-state index in [0.717, 1.165) is 43.0 Å². The van der Waals surface area contributed by atoms with Crippen molar-refractivity contribution in [2.24, 2.45) is 0 Å². The summed E-state index contributed by atoms with van der Waals surface area (Å²) in [7, 11) is 1.84. The molecule has 3 aromatic carbocycles. The number of rotatable bonds is 13. The van der Waals surface area contributed by atoms with Gasteiger partial charge in [-0.25, -0.2) is 0 Å². The first-order valence-electron chi connectivity index (χ1n) is 15.5. The van der Waals surface area contributed by atoms with Crippen LogP contribution in [0.2, 0.25) is 0 Å². The lowest BCUT2D eigenvalue weighted by Gasteiger charge is -2.29. The maximum Gasteiger partial charge on any atom is 0.251 e. The fourth-order valence-corrected chi connectivity index (χ4v) is 5.72. The Labute approximate surface area is 250 Å². The minimum absolute atomic E-state index is 0.0387. The van der Waals surface area contributed by atoms with E-state index in [0.29, 0.717) is 38.0 Å². The Morgan fingerprint density at radius 2 is 1.76 bits per heavy atom. The van der Waals surface area contributed by atoms with E-state index in [9.17, 15) is 14.4 Å². The SMILES string of the molecule is CCCCN(C)C(=O)CC[C@@H]1N[C@H](CNC(=O)c2ccc3ccccc3c2)CCN(C[C@@H](CC)c2ccccc2)C1=O. The second-order valence-corrected chi connectivity index (χ2v) is 11.5. The molecule has 3 atom stereocenters. The van der Waals surface area contributed by atoms with Crippen LogP contribution < -0.4 is 10.6 Å². The van der Waals surface area contributed by atoms with Gasteiger partial charge < -0.3 is 20.4 Å². The predicted molar refractivity (Wildman–Crippen MR) is 169 cm³/mol. The van der Waals surface area contributed by atoms with Crippen molar-refractivity contribution in [2.45, 2.75) is 70.4 Å². The standard InChI is InChI=1S/C35H46N4O3/c1-4-6-21-38(3)33(40)19-18-32-35(42)39(25-26(5-2)27-12-8-7-9-13-27)22-20-31(37-32)24-36-34(41)30-17-16-28-14-10-11-15-29(28)23-30/h7-17,23,26,31-32,37H,4-6,18-22,24-25H2,1-3H3,(H,36,41)/t26-,31+,32+/m1/s1. The molecule has 0 bridgehead atoms. The minimum atomic E-state index is -0.480. The van der Waals surface area contributed by atoms with Crippen molar-refractivity contribution in [2.75, 3.05) is 33.2 Å². The topological polar surface area (TPSA) is 81.8 Å². The van der Waals surface area contributed by atoms with Gasteiger partial charge in [-0.1, -0.05) is 80.9 Å². The van der Waals surface area contributed by atoms with Gasteiger partial charge in [-0.3, -0.25) is 14.4 Å². The summed E-state index contributed by atoms with van der Waals surface area (Å²) in [6, 6.07) is 23.5. The number of carbonyl (C=O) groups excluding carboxylic acids is 3. The molecule has 0 radical (unpaired) electrons. The molecule has 0 saturated carbocycles. The molecular weight excluding hydrogens is 524 g/mol. The largest absolute Gasteiger partial charge is 0.350 e. The number of nitrogens with one attached hydrogen (secondary N) is 2. The first-order chi connectivity index (χ1) is 20.4. The molecule has 3 aromatic rings. The van der Waals surface area contributed by atoms with E-state index in [2.05, 4.69) is 36.6 Å². The van der Waals surface area contributed by atoms with Crippen LogP contribution in [0.4, 0.5) is 0 Å². The van der Waals surface area contributed by atoms with Crippen LogP contribution in [0.3, 0.4) is 0 Å². The van der Waals surface area contributed by atoms with Crippen molar-refractivity contribution in [1.82, 2.24) is 20.4 Å². The number of hydrogen-bond acceptors (Lipinski definition) is 4. The van der Waals surface area contributed by atoms with Crippen LogP contribution in [0.1, 0.15) is 74.2 Å². The summed E-state index contributed by atoms with van der Waals surface area (Å²) in [5.74, 6) is 0.207. The second kappa shape index (κ2) is 15.5. The minimum Gasteiger partial charge on any atom is -0.350 e. The Bertz CT molecular complexity index is 1330. The predicted octanol–water partition coefficient (Wildman–Crippen LogP) is 5.36. The molecule has 7 nitrogen and oxygen atoms in total. The summed E-state index contributed by atoms with van der Waals surface area (Å²) in [5, 5.41) is 8.73. The third kappa shape index (κ3) is 8.41. The molecule has 1 saturated heterocycles. The molecule has 0 aromatic heterocycles. The summed E-state index contributed by atoms with van der Waals surface area (Å²) < 4.78 is 0. The Balaban J connectivity index is 1.44. The van der Waals surface area contributed by atoms with Crippen molar-refractivity contribution in [3.05, 3.63) is 83.9 Å². The number of carbonyl (C=O) groups is 3. The molecule has 7 heteroatoms. The smallest absolute Gasteiger partial charge is 0.251 e. The number of hydrogen-bond donors (Lipinski definition) is 2. The Morgan fingerprint density at radius 3 is 2.50 bits per heavy atom. The van der Waals surface area contributed by atoms with Gasteiger partial charge in [-0.2, -0.15) is 0 Å². The third-order valence-corrected chi connectivity index (χ3v) is 8.44. The zero-order valence-electron chi connectivity index (χ0n) is 25.4. The molecule has 0 aliphatic carbocycles. The fraction of sp³-hybridized carbons (Fsp3) is 0.457. The van der Waals surface area contributed by atoms with Crippen molar-refractivity contribution in [3.8, 4) is 0 Å². The molecule has 1 fully saturated rings. The third-order valence-electron chi connectivity index (χ3n) is 8.44. The molecule has 1 aliphatic rings. The molecule has 1 heterocycles. The fourth-order valence-electron chi connectivity index (χ4n) is 5.72. The lowest BCUT2D eigenvalue weighted by atomic mass is 9.95. The highest BCUT2D eigenvalue weighted by Gasteiger charge is 2.32. The van der Waals surface area contributed by atoms with E-state index in [-0.39, 0.29) is 29.7 Å². The van der Waals surface area contributed by atoms with E-state index in [1.807, 2.05) is 72.6 Å². The zero-order chi connectivity index (χ0) is 29.9. The maximum absolute atomic E-state index is 13.9. The summed E-state index contributed by atoms with van der Waals surface area (Å²) in [5.41, 5.74) is 1.85. The van der Waals surface area contributed by atoms with Crippen molar-refractivity contribution < 1.29 is 14.4 Å². The Kier molecular flexibility index (Phi) is 11.5. The van der Waals surface area contributed by atoms with Gasteiger partial charge in [0.25, 0.3) is 5.91 Å². The van der Waals surface area contributed by atoms with Crippen LogP contribution >= 0.6 is 0 Å². The molecule has 224 valence electrons. The van der Waals surface area contributed by atoms with Crippen molar-refractivity contribution >= 4 is 28.5 Å². The first-order valence-corrected chi connectivity index (χ1v) is 15.5. The highest BCUT2D eigenvalue weighted by molar-refractivity contribution is 5.98. The second-order valence-electron chi connectivity index (χ2n) is 11.5. The number of unbranched alkanes of at least 4 members (excludes halogenated alkanes) is 1. The molecule has 42 heavy (non-hydrogen) atoms. The summed E-state index contributed by atoms with van der Waals surface area (Å²) in [6.07, 6.45) is 4.38. The maximum atomic E-state index is 13.9. The summed E-state index contributed by atoms with van der Waals surface area (Å²) in [4.78, 5) is 43.5. The quantitative estimate of drug-likeness (QED) is 0.290. The van der Waals surface area contributed by atoms with Crippen molar-refractivity contribution in [3.63, 3.8) is 0 Å². The monoisotopic (exact) mass is 570 g/mol. The van der Waals surface area contributed by atoms with Gasteiger partial charge >= 0.3 is 0 Å². The van der Waals surface area contributed by atoms with Gasteiger partial charge in [0.1, 0.15) is 0 Å². The lowest BCUT2D eigenvalue weighted by Crippen LogP contribution is -2.49. The highest BCUT2D eigenvalue weighted by Crippen LogP contribution is 2.23. The van der Waals surface area contributed by atoms with E-state index in [1.165, 1.54) is 5.56 Å². The molecule has 2 N–H and O–H groups in total. The van der Waals surface area contributed by atoms with Crippen LogP contribution in [0, 0.1) is 0 Å². The van der Waals surface area contributed by atoms with E-state index in [1.54, 1.807) is 4.90 Å². The summed E-state index contributed by atoms with van der Waals surface area (Å²) >= 11 is 0. The normalized spacial score (nSPS) is 18.0. The van der Waals surface area contributed by atoms with E-state index in [4.69, 9.17) is 0 Å². The van der Waals surface area contributed by atoms with Gasteiger partial charge in [0, 0.05) is 57.2 Å². The van der Waals surface area contributed by atoms with Gasteiger partial charge in [0.05, 0.1) is 6.04 Å². The number of nitrogens with zero attached hydrogens (tertiary/aromatic N) is 2. The number of amides is 3. The van der Waals surface area contributed by atoms with Crippen LogP contribution in [-0.4, -0.2) is 72.8 Å². The Morgan fingerprint density at radius 1 is 1.02 bits per heavy atom. The van der Waals surface area contributed by atoms with Gasteiger partial charge in [0.2, 0.25) is 11.8 Å². The molecule has 0 spiro atoms. The lowest BCUT2D eigenvalue weighted by molar-refractivity contribution is -0.134. The molecule has 1 aliphatic heterocycles.